The van der Waals surface area contributed by atoms with Crippen molar-refractivity contribution in [1.29, 1.82) is 0 Å². The molecular formula is C18H21FN2O3. The van der Waals surface area contributed by atoms with E-state index in [0.29, 0.717) is 25.3 Å². The van der Waals surface area contributed by atoms with E-state index in [1.54, 1.807) is 12.1 Å². The minimum absolute atomic E-state index is 0.240. The van der Waals surface area contributed by atoms with Crippen LogP contribution in [-0.2, 0) is 0 Å². The van der Waals surface area contributed by atoms with Gasteiger partial charge in [0.15, 0.2) is 0 Å². The maximum absolute atomic E-state index is 13.0. The lowest BCUT2D eigenvalue weighted by atomic mass is 10.1. The van der Waals surface area contributed by atoms with Crippen LogP contribution in [0.25, 0.3) is 0 Å². The summed E-state index contributed by atoms with van der Waals surface area (Å²) in [4.78, 5) is 11.6. The highest BCUT2D eigenvalue weighted by molar-refractivity contribution is 5.73. The number of amides is 2. The van der Waals surface area contributed by atoms with E-state index in [-0.39, 0.29) is 18.5 Å². The fourth-order valence-corrected chi connectivity index (χ4v) is 2.12. The van der Waals surface area contributed by atoms with Gasteiger partial charge in [-0.25, -0.2) is 9.18 Å². The summed E-state index contributed by atoms with van der Waals surface area (Å²) in [5, 5.41) is 15.3. The summed E-state index contributed by atoms with van der Waals surface area (Å²) in [6.45, 7) is 0.889. The quantitative estimate of drug-likeness (QED) is 0.651. The van der Waals surface area contributed by atoms with Crippen LogP contribution in [0, 0.1) is 5.82 Å². The molecule has 0 aliphatic heterocycles. The minimum Gasteiger partial charge on any atom is -0.492 e. The number of carbonyl (C=O) groups excluding carboxylic acids is 1. The number of hydrogen-bond donors (Lipinski definition) is 3. The van der Waals surface area contributed by atoms with Crippen molar-refractivity contribution in [2.45, 2.75) is 12.5 Å². The summed E-state index contributed by atoms with van der Waals surface area (Å²) in [7, 11) is 0. The van der Waals surface area contributed by atoms with Crippen LogP contribution >= 0.6 is 0 Å². The van der Waals surface area contributed by atoms with Crippen LogP contribution in [0.15, 0.2) is 54.6 Å². The largest absolute Gasteiger partial charge is 0.492 e. The Morgan fingerprint density at radius 1 is 1.08 bits per heavy atom. The summed E-state index contributed by atoms with van der Waals surface area (Å²) in [5.74, 6) is 0.0540. The van der Waals surface area contributed by atoms with Gasteiger partial charge in [-0.1, -0.05) is 36.4 Å². The van der Waals surface area contributed by atoms with E-state index in [4.69, 9.17) is 4.74 Å². The number of carbonyl (C=O) groups is 1. The Bertz CT molecular complexity index is 637. The molecular weight excluding hydrogens is 311 g/mol. The van der Waals surface area contributed by atoms with E-state index < -0.39 is 6.10 Å². The fraction of sp³-hybridized carbons (Fsp3) is 0.278. The number of halogens is 1. The molecule has 0 bridgehead atoms. The smallest absolute Gasteiger partial charge is 0.314 e. The molecule has 2 amide bonds. The number of ether oxygens (including phenoxy) is 1. The van der Waals surface area contributed by atoms with Crippen LogP contribution in [0.5, 0.6) is 5.75 Å². The van der Waals surface area contributed by atoms with Gasteiger partial charge in [0.2, 0.25) is 0 Å². The molecule has 6 heteroatoms. The van der Waals surface area contributed by atoms with Crippen LogP contribution in [0.1, 0.15) is 18.1 Å². The third kappa shape index (κ3) is 6.26. The molecule has 0 saturated carbocycles. The van der Waals surface area contributed by atoms with E-state index >= 15 is 0 Å². The van der Waals surface area contributed by atoms with Crippen molar-refractivity contribution in [1.82, 2.24) is 10.6 Å². The highest BCUT2D eigenvalue weighted by Crippen LogP contribution is 2.14. The first kappa shape index (κ1) is 17.7. The third-order valence-electron chi connectivity index (χ3n) is 3.34. The lowest BCUT2D eigenvalue weighted by Crippen LogP contribution is -2.38. The van der Waals surface area contributed by atoms with Crippen molar-refractivity contribution in [2.75, 3.05) is 19.7 Å². The van der Waals surface area contributed by atoms with E-state index in [0.717, 1.165) is 5.56 Å². The Morgan fingerprint density at radius 2 is 1.83 bits per heavy atom. The van der Waals surface area contributed by atoms with E-state index in [2.05, 4.69) is 10.6 Å². The first-order chi connectivity index (χ1) is 11.6. The van der Waals surface area contributed by atoms with Crippen molar-refractivity contribution < 1.29 is 19.0 Å². The average Bonchev–Trinajstić information content (AvgIpc) is 2.59. The van der Waals surface area contributed by atoms with Gasteiger partial charge >= 0.3 is 6.03 Å². The summed E-state index contributed by atoms with van der Waals surface area (Å²) >= 11 is 0. The molecule has 128 valence electrons. The van der Waals surface area contributed by atoms with Crippen LogP contribution in [0.2, 0.25) is 0 Å². The van der Waals surface area contributed by atoms with Gasteiger partial charge in [-0.3, -0.25) is 0 Å². The second-order valence-corrected chi connectivity index (χ2v) is 5.20. The zero-order valence-electron chi connectivity index (χ0n) is 13.2. The zero-order chi connectivity index (χ0) is 17.2. The standard InChI is InChI=1S/C18H21FN2O3/c19-15-7-4-8-16(13-15)24-12-11-21-18(23)20-10-9-17(22)14-5-2-1-3-6-14/h1-8,13,17,22H,9-12H2,(H2,20,21,23). The van der Waals surface area contributed by atoms with Crippen molar-refractivity contribution in [2.24, 2.45) is 0 Å². The van der Waals surface area contributed by atoms with E-state index in [9.17, 15) is 14.3 Å². The molecule has 1 atom stereocenters. The predicted octanol–water partition coefficient (Wildman–Crippen LogP) is 2.63. The second-order valence-electron chi connectivity index (χ2n) is 5.20. The first-order valence-electron chi connectivity index (χ1n) is 7.78. The predicted molar refractivity (Wildman–Crippen MR) is 89.3 cm³/mol. The van der Waals surface area contributed by atoms with Gasteiger partial charge in [-0.05, 0) is 24.1 Å². The molecule has 0 aromatic heterocycles. The van der Waals surface area contributed by atoms with Gasteiger partial charge in [0.25, 0.3) is 0 Å². The van der Waals surface area contributed by atoms with Crippen molar-refractivity contribution in [3.8, 4) is 5.75 Å². The van der Waals surface area contributed by atoms with Crippen molar-refractivity contribution >= 4 is 6.03 Å². The van der Waals surface area contributed by atoms with Crippen molar-refractivity contribution in [3.05, 3.63) is 66.0 Å². The maximum atomic E-state index is 13.0. The molecule has 5 nitrogen and oxygen atoms in total. The van der Waals surface area contributed by atoms with Crippen molar-refractivity contribution in [3.63, 3.8) is 0 Å². The monoisotopic (exact) mass is 332 g/mol. The number of aliphatic hydroxyl groups is 1. The summed E-state index contributed by atoms with van der Waals surface area (Å²) < 4.78 is 18.3. The van der Waals surface area contributed by atoms with Gasteiger partial charge in [0.1, 0.15) is 18.2 Å². The molecule has 0 fully saturated rings. The molecule has 2 aromatic rings. The lowest BCUT2D eigenvalue weighted by molar-refractivity contribution is 0.166. The molecule has 0 spiro atoms. The number of nitrogens with one attached hydrogen (secondary N) is 2. The highest BCUT2D eigenvalue weighted by atomic mass is 19.1. The van der Waals surface area contributed by atoms with Gasteiger partial charge in [-0.2, -0.15) is 0 Å². The molecule has 2 aromatic carbocycles. The number of urea groups is 1. The molecule has 3 N–H and O–H groups in total. The summed E-state index contributed by atoms with van der Waals surface area (Å²) in [6.07, 6.45) is -0.181. The Hall–Kier alpha value is -2.60. The zero-order valence-corrected chi connectivity index (χ0v) is 13.2. The fourth-order valence-electron chi connectivity index (χ4n) is 2.12. The highest BCUT2D eigenvalue weighted by Gasteiger charge is 2.07. The Kier molecular flexibility index (Phi) is 7.04. The topological polar surface area (TPSA) is 70.6 Å². The normalized spacial score (nSPS) is 11.6. The molecule has 0 aliphatic rings. The molecule has 2 rings (SSSR count). The summed E-state index contributed by atoms with van der Waals surface area (Å²) in [6, 6.07) is 14.8. The second kappa shape index (κ2) is 9.52. The van der Waals surface area contributed by atoms with Gasteiger partial charge in [-0.15, -0.1) is 0 Å². The number of rotatable bonds is 8. The number of hydrogen-bond acceptors (Lipinski definition) is 3. The summed E-state index contributed by atoms with van der Waals surface area (Å²) in [5.41, 5.74) is 0.822. The maximum Gasteiger partial charge on any atom is 0.314 e. The number of benzene rings is 2. The van der Waals surface area contributed by atoms with Gasteiger partial charge in [0.05, 0.1) is 12.6 Å². The van der Waals surface area contributed by atoms with E-state index in [1.165, 1.54) is 12.1 Å². The van der Waals surface area contributed by atoms with Crippen LogP contribution in [0.4, 0.5) is 9.18 Å². The Morgan fingerprint density at radius 3 is 2.58 bits per heavy atom. The van der Waals surface area contributed by atoms with Gasteiger partial charge < -0.3 is 20.5 Å². The minimum atomic E-state index is -0.609. The van der Waals surface area contributed by atoms with Crippen LogP contribution in [-0.4, -0.2) is 30.8 Å². The van der Waals surface area contributed by atoms with Gasteiger partial charge in [0, 0.05) is 12.6 Å². The molecule has 0 radical (unpaired) electrons. The van der Waals surface area contributed by atoms with Crippen LogP contribution in [0.3, 0.4) is 0 Å². The Balaban J connectivity index is 1.57. The number of aliphatic hydroxyl groups excluding tert-OH is 1. The molecule has 24 heavy (non-hydrogen) atoms. The molecule has 0 heterocycles. The molecule has 0 aliphatic carbocycles. The molecule has 0 saturated heterocycles. The molecule has 1 unspecified atom stereocenters. The van der Waals surface area contributed by atoms with E-state index in [1.807, 2.05) is 30.3 Å². The first-order valence-corrected chi connectivity index (χ1v) is 7.78. The Labute approximate surface area is 140 Å². The van der Waals surface area contributed by atoms with Crippen LogP contribution < -0.4 is 15.4 Å². The lowest BCUT2D eigenvalue weighted by Gasteiger charge is -2.12. The third-order valence-corrected chi connectivity index (χ3v) is 3.34. The SMILES string of the molecule is O=C(NCCOc1cccc(F)c1)NCCC(O)c1ccccc1. The average molecular weight is 332 g/mol.